The van der Waals surface area contributed by atoms with Gasteiger partial charge in [-0.2, -0.15) is 0 Å². The van der Waals surface area contributed by atoms with Crippen molar-refractivity contribution in [2.24, 2.45) is 11.5 Å². The average molecular weight is 261 g/mol. The van der Waals surface area contributed by atoms with Gasteiger partial charge in [0.15, 0.2) is 0 Å². The van der Waals surface area contributed by atoms with E-state index in [1.807, 2.05) is 16.8 Å². The number of rotatable bonds is 6. The molecule has 5 N–H and O–H groups in total. The van der Waals surface area contributed by atoms with Crippen LogP contribution in [0.1, 0.15) is 22.3 Å². The largest absolute Gasteiger partial charge is 0.478 e. The fourth-order valence-electron chi connectivity index (χ4n) is 2.41. The minimum Gasteiger partial charge on any atom is -0.478 e. The molecule has 0 spiro atoms. The lowest BCUT2D eigenvalue weighted by Gasteiger charge is -2.05. The van der Waals surface area contributed by atoms with Crippen LogP contribution in [0, 0.1) is 0 Å². The van der Waals surface area contributed by atoms with E-state index in [9.17, 15) is 9.90 Å². The Morgan fingerprint density at radius 3 is 2.68 bits per heavy atom. The Kier molecular flexibility index (Phi) is 4.19. The van der Waals surface area contributed by atoms with Gasteiger partial charge < -0.3 is 21.1 Å². The number of nitrogens with zero attached hydrogens (tertiary/aromatic N) is 1. The maximum atomic E-state index is 11.3. The molecule has 19 heavy (non-hydrogen) atoms. The van der Waals surface area contributed by atoms with Gasteiger partial charge >= 0.3 is 5.97 Å². The molecule has 0 fully saturated rings. The van der Waals surface area contributed by atoms with E-state index in [1.54, 1.807) is 12.1 Å². The molecule has 0 aliphatic carbocycles. The molecule has 0 unspecified atom stereocenters. The van der Waals surface area contributed by atoms with Crippen molar-refractivity contribution in [3.63, 3.8) is 0 Å². The van der Waals surface area contributed by atoms with Crippen LogP contribution in [0.2, 0.25) is 0 Å². The van der Waals surface area contributed by atoms with Gasteiger partial charge in [0.2, 0.25) is 0 Å². The van der Waals surface area contributed by atoms with E-state index < -0.39 is 5.97 Å². The monoisotopic (exact) mass is 261 g/mol. The van der Waals surface area contributed by atoms with Crippen molar-refractivity contribution in [2.75, 3.05) is 13.1 Å². The molecule has 0 aliphatic heterocycles. The summed E-state index contributed by atoms with van der Waals surface area (Å²) in [6, 6.07) is 5.37. The molecule has 0 saturated carbocycles. The lowest BCUT2D eigenvalue weighted by atomic mass is 10.1. The summed E-state index contributed by atoms with van der Waals surface area (Å²) in [4.78, 5) is 11.3. The molecule has 0 aliphatic rings. The van der Waals surface area contributed by atoms with Crippen LogP contribution in [0.4, 0.5) is 0 Å². The number of fused-ring (bicyclic) bond motifs is 1. The fourth-order valence-corrected chi connectivity index (χ4v) is 2.41. The lowest BCUT2D eigenvalue weighted by Crippen LogP contribution is -2.10. The molecule has 2 aromatic rings. The highest BCUT2D eigenvalue weighted by Crippen LogP contribution is 2.26. The molecule has 0 radical (unpaired) electrons. The first-order chi connectivity index (χ1) is 9.19. The quantitative estimate of drug-likeness (QED) is 0.728. The predicted octanol–water partition coefficient (Wildman–Crippen LogP) is 1.19. The second kappa shape index (κ2) is 5.86. The Labute approximate surface area is 111 Å². The number of aryl methyl sites for hydroxylation is 1. The Morgan fingerprint density at radius 2 is 2.05 bits per heavy atom. The van der Waals surface area contributed by atoms with E-state index >= 15 is 0 Å². The highest BCUT2D eigenvalue weighted by atomic mass is 16.4. The third-order valence-electron chi connectivity index (χ3n) is 3.23. The lowest BCUT2D eigenvalue weighted by molar-refractivity contribution is 0.0698. The van der Waals surface area contributed by atoms with Gasteiger partial charge in [-0.3, -0.25) is 0 Å². The highest BCUT2D eigenvalue weighted by molar-refractivity contribution is 6.03. The smallest absolute Gasteiger partial charge is 0.337 e. The van der Waals surface area contributed by atoms with Gasteiger partial charge in [-0.05, 0) is 31.0 Å². The first-order valence-corrected chi connectivity index (χ1v) is 6.43. The zero-order valence-corrected chi connectivity index (χ0v) is 10.8. The number of hydrogen-bond acceptors (Lipinski definition) is 3. The van der Waals surface area contributed by atoms with Gasteiger partial charge in [0.05, 0.1) is 11.1 Å². The number of para-hydroxylation sites is 1. The second-order valence-electron chi connectivity index (χ2n) is 4.54. The van der Waals surface area contributed by atoms with Gasteiger partial charge in [-0.1, -0.05) is 12.1 Å². The first kappa shape index (κ1) is 13.6. The number of aromatic carboxylic acids is 1. The van der Waals surface area contributed by atoms with Crippen LogP contribution in [0.3, 0.4) is 0 Å². The number of carboxylic acids is 1. The predicted molar refractivity (Wildman–Crippen MR) is 75.3 cm³/mol. The molecule has 5 heteroatoms. The third kappa shape index (κ3) is 2.62. The summed E-state index contributed by atoms with van der Waals surface area (Å²) >= 11 is 0. The van der Waals surface area contributed by atoms with Gasteiger partial charge in [0, 0.05) is 24.7 Å². The van der Waals surface area contributed by atoms with Crippen LogP contribution in [0.25, 0.3) is 10.9 Å². The first-order valence-electron chi connectivity index (χ1n) is 6.43. The van der Waals surface area contributed by atoms with Gasteiger partial charge in [0.25, 0.3) is 0 Å². The minimum atomic E-state index is -0.910. The summed E-state index contributed by atoms with van der Waals surface area (Å²) in [5, 5.41) is 10.3. The van der Waals surface area contributed by atoms with Gasteiger partial charge in [0.1, 0.15) is 0 Å². The molecule has 5 nitrogen and oxygen atoms in total. The number of benzene rings is 1. The molecule has 0 bridgehead atoms. The Balaban J connectivity index is 2.60. The van der Waals surface area contributed by atoms with E-state index in [0.717, 1.165) is 29.3 Å². The number of hydrogen-bond donors (Lipinski definition) is 3. The van der Waals surface area contributed by atoms with Crippen LogP contribution in [0.5, 0.6) is 0 Å². The molecular formula is C14H19N3O2. The molecule has 102 valence electrons. The third-order valence-corrected chi connectivity index (χ3v) is 3.23. The van der Waals surface area contributed by atoms with Crippen molar-refractivity contribution >= 4 is 16.9 Å². The van der Waals surface area contributed by atoms with E-state index in [-0.39, 0.29) is 0 Å². The normalized spacial score (nSPS) is 11.1. The summed E-state index contributed by atoms with van der Waals surface area (Å²) in [6.07, 6.45) is 3.74. The molecule has 1 aromatic heterocycles. The molecule has 0 atom stereocenters. The molecular weight excluding hydrogens is 242 g/mol. The molecule has 2 rings (SSSR count). The zero-order valence-electron chi connectivity index (χ0n) is 10.8. The summed E-state index contributed by atoms with van der Waals surface area (Å²) in [5.41, 5.74) is 13.4. The van der Waals surface area contributed by atoms with E-state index in [1.165, 1.54) is 0 Å². The van der Waals surface area contributed by atoms with E-state index in [0.29, 0.717) is 25.2 Å². The van der Waals surface area contributed by atoms with Crippen LogP contribution in [-0.4, -0.2) is 28.7 Å². The van der Waals surface area contributed by atoms with Crippen LogP contribution in [0.15, 0.2) is 24.4 Å². The molecule has 1 heterocycles. The number of aromatic nitrogens is 1. The van der Waals surface area contributed by atoms with Crippen molar-refractivity contribution in [3.8, 4) is 0 Å². The molecule has 1 aromatic carbocycles. The fraction of sp³-hybridized carbons (Fsp3) is 0.357. The van der Waals surface area contributed by atoms with Gasteiger partial charge in [-0.25, -0.2) is 4.79 Å². The Hall–Kier alpha value is -1.85. The van der Waals surface area contributed by atoms with Crippen LogP contribution in [-0.2, 0) is 13.0 Å². The van der Waals surface area contributed by atoms with Crippen LogP contribution >= 0.6 is 0 Å². The second-order valence-corrected chi connectivity index (χ2v) is 4.54. The van der Waals surface area contributed by atoms with Crippen molar-refractivity contribution < 1.29 is 9.90 Å². The number of carboxylic acid groups (broad SMARTS) is 1. The maximum Gasteiger partial charge on any atom is 0.337 e. The van der Waals surface area contributed by atoms with E-state index in [4.69, 9.17) is 11.5 Å². The number of carbonyl (C=O) groups is 1. The van der Waals surface area contributed by atoms with Crippen molar-refractivity contribution in [1.29, 1.82) is 0 Å². The van der Waals surface area contributed by atoms with Crippen LogP contribution < -0.4 is 11.5 Å². The maximum absolute atomic E-state index is 11.3. The highest BCUT2D eigenvalue weighted by Gasteiger charge is 2.15. The topological polar surface area (TPSA) is 94.3 Å². The van der Waals surface area contributed by atoms with Gasteiger partial charge in [-0.15, -0.1) is 0 Å². The summed E-state index contributed by atoms with van der Waals surface area (Å²) < 4.78 is 1.94. The summed E-state index contributed by atoms with van der Waals surface area (Å²) in [6.45, 7) is 1.72. The average Bonchev–Trinajstić information content (AvgIpc) is 2.75. The van der Waals surface area contributed by atoms with E-state index in [2.05, 4.69) is 0 Å². The van der Waals surface area contributed by atoms with Crippen molar-refractivity contribution in [3.05, 3.63) is 35.5 Å². The Morgan fingerprint density at radius 1 is 1.26 bits per heavy atom. The SMILES string of the molecule is NCCCc1cn(CCN)c2c(C(=O)O)cccc12. The zero-order chi connectivity index (χ0) is 13.8. The minimum absolute atomic E-state index is 0.324. The molecule has 0 amide bonds. The summed E-state index contributed by atoms with van der Waals surface area (Å²) in [7, 11) is 0. The molecule has 0 saturated heterocycles. The van der Waals surface area contributed by atoms with Crippen molar-refractivity contribution in [1.82, 2.24) is 4.57 Å². The Bertz CT molecular complexity index is 590. The summed E-state index contributed by atoms with van der Waals surface area (Å²) in [5.74, 6) is -0.910. The standard InChI is InChI=1S/C14H19N3O2/c15-6-2-3-10-9-17(8-7-16)13-11(10)4-1-5-12(13)14(18)19/h1,4-5,9H,2-3,6-8,15-16H2,(H,18,19). The number of nitrogens with two attached hydrogens (primary N) is 2. The van der Waals surface area contributed by atoms with Crippen molar-refractivity contribution in [2.45, 2.75) is 19.4 Å².